The summed E-state index contributed by atoms with van der Waals surface area (Å²) in [6.45, 7) is 0. The first-order valence-electron chi connectivity index (χ1n) is 4.50. The number of phenolic OH excluding ortho intramolecular Hbond substituents is 2. The van der Waals surface area contributed by atoms with Crippen molar-refractivity contribution in [3.05, 3.63) is 22.8 Å². The van der Waals surface area contributed by atoms with E-state index in [1.807, 2.05) is 0 Å². The average molecular weight is 284 g/mol. The normalized spacial score (nSPS) is 10.6. The van der Waals surface area contributed by atoms with Gasteiger partial charge in [0.15, 0.2) is 11.5 Å². The summed E-state index contributed by atoms with van der Waals surface area (Å²) in [5.41, 5.74) is 7.21. The van der Waals surface area contributed by atoms with Gasteiger partial charge in [-0.05, 0) is 33.6 Å². The van der Waals surface area contributed by atoms with Gasteiger partial charge >= 0.3 is 0 Å². The highest BCUT2D eigenvalue weighted by Gasteiger charge is 2.12. The van der Waals surface area contributed by atoms with E-state index in [1.165, 1.54) is 10.7 Å². The third-order valence-corrected chi connectivity index (χ3v) is 2.94. The number of aryl methyl sites for hydroxylation is 1. The SMILES string of the molecule is Cn1ncc(-c2cc(O)c(O)c(Br)c2)c1N. The van der Waals surface area contributed by atoms with E-state index >= 15 is 0 Å². The zero-order chi connectivity index (χ0) is 11.9. The molecule has 0 fully saturated rings. The molecule has 5 nitrogen and oxygen atoms in total. The van der Waals surface area contributed by atoms with Crippen molar-refractivity contribution in [2.45, 2.75) is 0 Å². The summed E-state index contributed by atoms with van der Waals surface area (Å²) in [5, 5.41) is 22.9. The summed E-state index contributed by atoms with van der Waals surface area (Å²) in [6, 6.07) is 3.11. The van der Waals surface area contributed by atoms with Gasteiger partial charge in [0.2, 0.25) is 0 Å². The molecule has 1 heterocycles. The quantitative estimate of drug-likeness (QED) is 0.698. The van der Waals surface area contributed by atoms with Crippen molar-refractivity contribution in [2.75, 3.05) is 5.73 Å². The number of nitrogens with two attached hydrogens (primary N) is 1. The second kappa shape index (κ2) is 3.71. The van der Waals surface area contributed by atoms with Crippen LogP contribution in [0.3, 0.4) is 0 Å². The molecule has 0 atom stereocenters. The highest BCUT2D eigenvalue weighted by Crippen LogP contribution is 2.38. The second-order valence-corrected chi connectivity index (χ2v) is 4.25. The van der Waals surface area contributed by atoms with Crippen LogP contribution in [0.5, 0.6) is 11.5 Å². The van der Waals surface area contributed by atoms with Gasteiger partial charge in [-0.3, -0.25) is 4.68 Å². The third-order valence-electron chi connectivity index (χ3n) is 2.34. The number of nitrogen functional groups attached to an aromatic ring is 1. The van der Waals surface area contributed by atoms with Gasteiger partial charge in [0, 0.05) is 12.6 Å². The number of hydrogen-bond acceptors (Lipinski definition) is 4. The largest absolute Gasteiger partial charge is 0.504 e. The first-order chi connectivity index (χ1) is 7.50. The van der Waals surface area contributed by atoms with E-state index in [2.05, 4.69) is 21.0 Å². The fourth-order valence-corrected chi connectivity index (χ4v) is 1.86. The Hall–Kier alpha value is -1.69. The van der Waals surface area contributed by atoms with Gasteiger partial charge in [0.25, 0.3) is 0 Å². The molecule has 1 aromatic carbocycles. The van der Waals surface area contributed by atoms with Crippen molar-refractivity contribution in [3.8, 4) is 22.6 Å². The van der Waals surface area contributed by atoms with Gasteiger partial charge in [-0.25, -0.2) is 0 Å². The van der Waals surface area contributed by atoms with E-state index in [1.54, 1.807) is 19.3 Å². The Morgan fingerprint density at radius 2 is 2.06 bits per heavy atom. The van der Waals surface area contributed by atoms with Crippen molar-refractivity contribution >= 4 is 21.7 Å². The lowest BCUT2D eigenvalue weighted by molar-refractivity contribution is 0.401. The first-order valence-corrected chi connectivity index (χ1v) is 5.29. The van der Waals surface area contributed by atoms with Crippen LogP contribution in [0, 0.1) is 0 Å². The lowest BCUT2D eigenvalue weighted by Crippen LogP contribution is -1.98. The molecular formula is C10H10BrN3O2. The van der Waals surface area contributed by atoms with Crippen molar-refractivity contribution in [1.82, 2.24) is 9.78 Å². The van der Waals surface area contributed by atoms with Gasteiger partial charge in [0.1, 0.15) is 5.82 Å². The number of benzene rings is 1. The molecule has 2 aromatic rings. The summed E-state index contributed by atoms with van der Waals surface area (Å²) in [7, 11) is 1.73. The van der Waals surface area contributed by atoms with Crippen LogP contribution in [0.2, 0.25) is 0 Å². The Morgan fingerprint density at radius 3 is 2.56 bits per heavy atom. The van der Waals surface area contributed by atoms with Crippen molar-refractivity contribution in [1.29, 1.82) is 0 Å². The van der Waals surface area contributed by atoms with Gasteiger partial charge in [-0.1, -0.05) is 0 Å². The predicted molar refractivity (Wildman–Crippen MR) is 64.1 cm³/mol. The molecular weight excluding hydrogens is 274 g/mol. The third kappa shape index (κ3) is 1.61. The van der Waals surface area contributed by atoms with Crippen LogP contribution < -0.4 is 5.73 Å². The van der Waals surface area contributed by atoms with Crippen LogP contribution in [-0.4, -0.2) is 20.0 Å². The van der Waals surface area contributed by atoms with E-state index in [-0.39, 0.29) is 11.5 Å². The summed E-state index contributed by atoms with van der Waals surface area (Å²) in [4.78, 5) is 0. The first kappa shape index (κ1) is 10.8. The number of rotatable bonds is 1. The Labute approximate surface area is 100 Å². The van der Waals surface area contributed by atoms with Gasteiger partial charge in [-0.15, -0.1) is 0 Å². The topological polar surface area (TPSA) is 84.3 Å². The minimum Gasteiger partial charge on any atom is -0.504 e. The predicted octanol–water partition coefficient (Wildman–Crippen LogP) is 1.84. The number of anilines is 1. The number of nitrogens with zero attached hydrogens (tertiary/aromatic N) is 2. The number of aromatic hydroxyl groups is 2. The molecule has 0 amide bonds. The Balaban J connectivity index is 2.61. The Kier molecular flexibility index (Phi) is 2.51. The molecule has 4 N–H and O–H groups in total. The molecule has 0 spiro atoms. The van der Waals surface area contributed by atoms with Crippen LogP contribution in [-0.2, 0) is 7.05 Å². The molecule has 0 unspecified atom stereocenters. The maximum atomic E-state index is 9.49. The molecule has 0 aliphatic carbocycles. The molecule has 84 valence electrons. The van der Waals surface area contributed by atoms with Gasteiger partial charge < -0.3 is 15.9 Å². The maximum Gasteiger partial charge on any atom is 0.171 e. The fourth-order valence-electron chi connectivity index (χ4n) is 1.41. The molecule has 0 aliphatic rings. The van der Waals surface area contributed by atoms with E-state index < -0.39 is 0 Å². The molecule has 1 aromatic heterocycles. The highest BCUT2D eigenvalue weighted by molar-refractivity contribution is 9.10. The van der Waals surface area contributed by atoms with Crippen LogP contribution in [0.15, 0.2) is 22.8 Å². The minimum absolute atomic E-state index is 0.189. The lowest BCUT2D eigenvalue weighted by Gasteiger charge is -2.05. The zero-order valence-corrected chi connectivity index (χ0v) is 10.1. The van der Waals surface area contributed by atoms with Crippen molar-refractivity contribution in [3.63, 3.8) is 0 Å². The van der Waals surface area contributed by atoms with Gasteiger partial charge in [-0.2, -0.15) is 5.10 Å². The van der Waals surface area contributed by atoms with E-state index in [4.69, 9.17) is 5.73 Å². The van der Waals surface area contributed by atoms with Crippen LogP contribution in [0.4, 0.5) is 5.82 Å². The summed E-state index contributed by atoms with van der Waals surface area (Å²) in [6.07, 6.45) is 1.60. The van der Waals surface area contributed by atoms with E-state index in [0.717, 1.165) is 0 Å². The number of aromatic nitrogens is 2. The fraction of sp³-hybridized carbons (Fsp3) is 0.100. The van der Waals surface area contributed by atoms with Crippen molar-refractivity contribution < 1.29 is 10.2 Å². The molecule has 2 rings (SSSR count). The summed E-state index contributed by atoms with van der Waals surface area (Å²) >= 11 is 3.15. The molecule has 0 saturated heterocycles. The smallest absolute Gasteiger partial charge is 0.171 e. The number of halogens is 1. The summed E-state index contributed by atoms with van der Waals surface area (Å²) in [5.74, 6) is 0.107. The molecule has 6 heteroatoms. The molecule has 0 bridgehead atoms. The molecule has 0 saturated carbocycles. The standard InChI is InChI=1S/C10H10BrN3O2/c1-14-10(12)6(4-13-14)5-2-7(11)9(16)8(15)3-5/h2-4,15-16H,12H2,1H3. The van der Waals surface area contributed by atoms with Gasteiger partial charge in [0.05, 0.1) is 10.7 Å². The van der Waals surface area contributed by atoms with E-state index in [0.29, 0.717) is 21.4 Å². The van der Waals surface area contributed by atoms with Crippen LogP contribution >= 0.6 is 15.9 Å². The average Bonchev–Trinajstić information content (AvgIpc) is 2.56. The Bertz CT molecular complexity index is 528. The number of phenols is 2. The number of hydrogen-bond donors (Lipinski definition) is 3. The maximum absolute atomic E-state index is 9.49. The molecule has 16 heavy (non-hydrogen) atoms. The second-order valence-electron chi connectivity index (χ2n) is 3.39. The minimum atomic E-state index is -0.201. The monoisotopic (exact) mass is 283 g/mol. The summed E-state index contributed by atoms with van der Waals surface area (Å²) < 4.78 is 1.94. The van der Waals surface area contributed by atoms with Crippen LogP contribution in [0.1, 0.15) is 0 Å². The van der Waals surface area contributed by atoms with Crippen LogP contribution in [0.25, 0.3) is 11.1 Å². The van der Waals surface area contributed by atoms with Crippen molar-refractivity contribution in [2.24, 2.45) is 7.05 Å². The lowest BCUT2D eigenvalue weighted by atomic mass is 10.1. The highest BCUT2D eigenvalue weighted by atomic mass is 79.9. The van der Waals surface area contributed by atoms with E-state index in [9.17, 15) is 10.2 Å². The Morgan fingerprint density at radius 1 is 1.38 bits per heavy atom. The molecule has 0 radical (unpaired) electrons. The zero-order valence-electron chi connectivity index (χ0n) is 8.48. The molecule has 0 aliphatic heterocycles.